The van der Waals surface area contributed by atoms with E-state index < -0.39 is 5.41 Å². The average molecular weight is 213 g/mol. The van der Waals surface area contributed by atoms with E-state index in [1.807, 2.05) is 13.8 Å². The van der Waals surface area contributed by atoms with Gasteiger partial charge in [0, 0.05) is 18.2 Å². The second kappa shape index (κ2) is 5.26. The van der Waals surface area contributed by atoms with E-state index in [1.165, 1.54) is 6.21 Å². The van der Waals surface area contributed by atoms with Gasteiger partial charge in [-0.05, 0) is 11.8 Å². The number of carbonyl (C=O) groups excluding carboxylic acids is 1. The van der Waals surface area contributed by atoms with Gasteiger partial charge >= 0.3 is 0 Å². The van der Waals surface area contributed by atoms with Crippen LogP contribution in [0.3, 0.4) is 0 Å². The molecule has 4 heteroatoms. The lowest BCUT2D eigenvalue weighted by Crippen LogP contribution is -2.37. The molecule has 0 bridgehead atoms. The molecule has 0 aliphatic heterocycles. The molecule has 0 saturated heterocycles. The molecule has 88 valence electrons. The van der Waals surface area contributed by atoms with Crippen LogP contribution in [0, 0.1) is 10.8 Å². The molecule has 0 spiro atoms. The maximum atomic E-state index is 11.8. The Hall–Kier alpha value is -0.900. The van der Waals surface area contributed by atoms with Crippen molar-refractivity contribution in [2.24, 2.45) is 21.7 Å². The standard InChI is InChI=1S/C11H23N3O/c1-10(2,3)8-11(4,5)9(15)14-13-7-6-12/h7H,6,8,12H2,1-5H3,(H,14,15)/b13-7+. The highest BCUT2D eigenvalue weighted by Gasteiger charge is 2.32. The summed E-state index contributed by atoms with van der Waals surface area (Å²) < 4.78 is 0. The number of amides is 1. The van der Waals surface area contributed by atoms with Crippen LogP contribution in [0.25, 0.3) is 0 Å². The topological polar surface area (TPSA) is 67.5 Å². The fourth-order valence-corrected chi connectivity index (χ4v) is 1.71. The summed E-state index contributed by atoms with van der Waals surface area (Å²) in [6.07, 6.45) is 2.29. The first kappa shape index (κ1) is 14.1. The smallest absolute Gasteiger partial charge is 0.245 e. The lowest BCUT2D eigenvalue weighted by Gasteiger charge is -2.30. The van der Waals surface area contributed by atoms with Crippen molar-refractivity contribution in [3.63, 3.8) is 0 Å². The zero-order valence-electron chi connectivity index (χ0n) is 10.4. The molecule has 3 N–H and O–H groups in total. The van der Waals surface area contributed by atoms with Gasteiger partial charge in [0.05, 0.1) is 0 Å². The molecule has 0 aromatic carbocycles. The van der Waals surface area contributed by atoms with Gasteiger partial charge in [-0.2, -0.15) is 5.10 Å². The highest BCUT2D eigenvalue weighted by atomic mass is 16.2. The van der Waals surface area contributed by atoms with Gasteiger partial charge in [-0.25, -0.2) is 5.43 Å². The molecule has 15 heavy (non-hydrogen) atoms. The number of nitrogens with zero attached hydrogens (tertiary/aromatic N) is 1. The Morgan fingerprint density at radius 1 is 1.33 bits per heavy atom. The lowest BCUT2D eigenvalue weighted by molar-refractivity contribution is -0.130. The summed E-state index contributed by atoms with van der Waals surface area (Å²) in [5.74, 6) is -0.0675. The summed E-state index contributed by atoms with van der Waals surface area (Å²) in [6.45, 7) is 10.5. The number of carbonyl (C=O) groups is 1. The predicted molar refractivity (Wildman–Crippen MR) is 63.5 cm³/mol. The minimum Gasteiger partial charge on any atom is -0.326 e. The van der Waals surface area contributed by atoms with E-state index in [0.29, 0.717) is 6.54 Å². The maximum Gasteiger partial charge on any atom is 0.245 e. The summed E-state index contributed by atoms with van der Waals surface area (Å²) in [7, 11) is 0. The van der Waals surface area contributed by atoms with E-state index in [0.717, 1.165) is 6.42 Å². The van der Waals surface area contributed by atoms with E-state index >= 15 is 0 Å². The van der Waals surface area contributed by atoms with Crippen LogP contribution in [0.4, 0.5) is 0 Å². The van der Waals surface area contributed by atoms with Crippen LogP contribution in [0.1, 0.15) is 41.0 Å². The van der Waals surface area contributed by atoms with Gasteiger partial charge in [0.15, 0.2) is 0 Å². The van der Waals surface area contributed by atoms with Crippen LogP contribution in [-0.4, -0.2) is 18.7 Å². The first-order valence-electron chi connectivity index (χ1n) is 5.21. The van der Waals surface area contributed by atoms with Crippen molar-refractivity contribution >= 4 is 12.1 Å². The molecule has 0 saturated carbocycles. The Labute approximate surface area is 92.3 Å². The third-order valence-corrected chi connectivity index (χ3v) is 1.95. The van der Waals surface area contributed by atoms with Crippen LogP contribution in [0.5, 0.6) is 0 Å². The number of nitrogens with two attached hydrogens (primary N) is 1. The van der Waals surface area contributed by atoms with Crippen LogP contribution >= 0.6 is 0 Å². The fraction of sp³-hybridized carbons (Fsp3) is 0.818. The van der Waals surface area contributed by atoms with Gasteiger partial charge in [-0.3, -0.25) is 4.79 Å². The van der Waals surface area contributed by atoms with E-state index in [9.17, 15) is 4.79 Å². The Balaban J connectivity index is 4.33. The molecule has 0 aliphatic carbocycles. The Morgan fingerprint density at radius 3 is 2.27 bits per heavy atom. The van der Waals surface area contributed by atoms with Gasteiger partial charge < -0.3 is 5.73 Å². The number of hydrazone groups is 1. The Bertz CT molecular complexity index is 239. The molecule has 0 unspecified atom stereocenters. The number of rotatable bonds is 4. The van der Waals surface area contributed by atoms with Gasteiger partial charge in [0.25, 0.3) is 0 Å². The summed E-state index contributed by atoms with van der Waals surface area (Å²) in [5.41, 5.74) is 7.43. The summed E-state index contributed by atoms with van der Waals surface area (Å²) >= 11 is 0. The molecule has 0 aromatic heterocycles. The largest absolute Gasteiger partial charge is 0.326 e. The van der Waals surface area contributed by atoms with Crippen molar-refractivity contribution in [1.29, 1.82) is 0 Å². The molecule has 4 nitrogen and oxygen atoms in total. The van der Waals surface area contributed by atoms with Crippen LogP contribution in [0.15, 0.2) is 5.10 Å². The molecule has 0 aliphatic rings. The van der Waals surface area contributed by atoms with E-state index in [2.05, 4.69) is 31.3 Å². The van der Waals surface area contributed by atoms with Gasteiger partial charge in [0.1, 0.15) is 0 Å². The zero-order valence-corrected chi connectivity index (χ0v) is 10.4. The highest BCUT2D eigenvalue weighted by molar-refractivity contribution is 5.82. The molecule has 0 fully saturated rings. The molecular weight excluding hydrogens is 190 g/mol. The first-order chi connectivity index (χ1) is 6.69. The summed E-state index contributed by atoms with van der Waals surface area (Å²) in [5, 5.41) is 3.74. The second-order valence-corrected chi connectivity index (χ2v) is 5.61. The van der Waals surface area contributed by atoms with Crippen molar-refractivity contribution in [2.75, 3.05) is 6.54 Å². The molecule has 0 aromatic rings. The SMILES string of the molecule is CC(C)(C)CC(C)(C)C(=O)N/N=C/CN. The second-order valence-electron chi connectivity index (χ2n) is 5.61. The lowest BCUT2D eigenvalue weighted by atomic mass is 9.76. The third kappa shape index (κ3) is 6.23. The maximum absolute atomic E-state index is 11.8. The minimum atomic E-state index is -0.413. The molecular formula is C11H23N3O. The summed E-state index contributed by atoms with van der Waals surface area (Å²) in [6, 6.07) is 0. The van der Waals surface area contributed by atoms with Gasteiger partial charge in [-0.15, -0.1) is 0 Å². The van der Waals surface area contributed by atoms with E-state index in [4.69, 9.17) is 5.73 Å². The van der Waals surface area contributed by atoms with Crippen LogP contribution in [0.2, 0.25) is 0 Å². The Kier molecular flexibility index (Phi) is 4.94. The molecule has 1 amide bonds. The van der Waals surface area contributed by atoms with Gasteiger partial charge in [-0.1, -0.05) is 34.6 Å². The van der Waals surface area contributed by atoms with Crippen LogP contribution in [-0.2, 0) is 4.79 Å². The molecule has 0 rings (SSSR count). The van der Waals surface area contributed by atoms with E-state index in [1.54, 1.807) is 0 Å². The number of hydrogen-bond donors (Lipinski definition) is 2. The van der Waals surface area contributed by atoms with Crippen LogP contribution < -0.4 is 11.2 Å². The molecule has 0 radical (unpaired) electrons. The predicted octanol–water partition coefficient (Wildman–Crippen LogP) is 1.51. The number of hydrogen-bond acceptors (Lipinski definition) is 3. The highest BCUT2D eigenvalue weighted by Crippen LogP contribution is 2.33. The quantitative estimate of drug-likeness (QED) is 0.549. The van der Waals surface area contributed by atoms with Crippen molar-refractivity contribution in [2.45, 2.75) is 41.0 Å². The fourth-order valence-electron chi connectivity index (χ4n) is 1.71. The van der Waals surface area contributed by atoms with Crippen molar-refractivity contribution in [3.05, 3.63) is 0 Å². The van der Waals surface area contributed by atoms with Crippen molar-refractivity contribution in [3.8, 4) is 0 Å². The zero-order chi connectivity index (χ0) is 12.1. The molecule has 0 atom stereocenters. The Morgan fingerprint density at radius 2 is 1.87 bits per heavy atom. The monoisotopic (exact) mass is 213 g/mol. The van der Waals surface area contributed by atoms with Gasteiger partial charge in [0.2, 0.25) is 5.91 Å². The third-order valence-electron chi connectivity index (χ3n) is 1.95. The number of nitrogens with one attached hydrogen (secondary N) is 1. The molecule has 0 heterocycles. The van der Waals surface area contributed by atoms with Crippen molar-refractivity contribution in [1.82, 2.24) is 5.43 Å². The van der Waals surface area contributed by atoms with E-state index in [-0.39, 0.29) is 11.3 Å². The minimum absolute atomic E-state index is 0.0675. The van der Waals surface area contributed by atoms with Crippen molar-refractivity contribution < 1.29 is 4.79 Å². The average Bonchev–Trinajstić information content (AvgIpc) is 2.00. The summed E-state index contributed by atoms with van der Waals surface area (Å²) in [4.78, 5) is 11.8. The normalized spacial score (nSPS) is 13.2. The first-order valence-corrected chi connectivity index (χ1v) is 5.21.